The topological polar surface area (TPSA) is 58.6 Å². The monoisotopic (exact) mass is 410 g/mol. The van der Waals surface area contributed by atoms with E-state index in [9.17, 15) is 9.59 Å². The average Bonchev–Trinajstić information content (AvgIpc) is 2.71. The lowest BCUT2D eigenvalue weighted by Gasteiger charge is -2.29. The number of rotatable bonds is 10. The molecule has 0 bridgehead atoms. The molecule has 0 saturated heterocycles. The van der Waals surface area contributed by atoms with E-state index in [0.717, 1.165) is 40.8 Å². The molecule has 0 radical (unpaired) electrons. The van der Waals surface area contributed by atoms with Crippen LogP contribution in [0.15, 0.2) is 42.5 Å². The van der Waals surface area contributed by atoms with Gasteiger partial charge in [-0.2, -0.15) is 0 Å². The third-order valence-electron chi connectivity index (χ3n) is 5.12. The van der Waals surface area contributed by atoms with Crippen molar-refractivity contribution in [2.45, 2.75) is 59.5 Å². The van der Waals surface area contributed by atoms with Crippen molar-refractivity contribution in [3.8, 4) is 5.75 Å². The van der Waals surface area contributed by atoms with E-state index in [2.05, 4.69) is 18.3 Å². The quantitative estimate of drug-likeness (QED) is 0.598. The number of hydrogen-bond acceptors (Lipinski definition) is 3. The molecule has 0 aliphatic heterocycles. The SMILES string of the molecule is CCCCNC(=O)C(C)N(Cc1cccc(OC)c1)C(=O)Cc1cc(C)cc(C)c1. The highest BCUT2D eigenvalue weighted by atomic mass is 16.5. The van der Waals surface area contributed by atoms with E-state index < -0.39 is 6.04 Å². The number of ether oxygens (including phenoxy) is 1. The van der Waals surface area contributed by atoms with E-state index in [1.807, 2.05) is 50.2 Å². The number of nitrogens with one attached hydrogen (secondary N) is 1. The lowest BCUT2D eigenvalue weighted by molar-refractivity contribution is -0.140. The van der Waals surface area contributed by atoms with Crippen molar-refractivity contribution in [2.75, 3.05) is 13.7 Å². The minimum absolute atomic E-state index is 0.0686. The summed E-state index contributed by atoms with van der Waals surface area (Å²) in [5, 5.41) is 2.95. The Bertz CT molecular complexity index is 843. The molecule has 2 rings (SSSR count). The lowest BCUT2D eigenvalue weighted by atomic mass is 10.0. The molecule has 2 aromatic carbocycles. The van der Waals surface area contributed by atoms with Crippen LogP contribution in [0.1, 0.15) is 48.9 Å². The lowest BCUT2D eigenvalue weighted by Crippen LogP contribution is -2.48. The first kappa shape index (κ1) is 23.5. The number of nitrogens with zero attached hydrogens (tertiary/aromatic N) is 1. The molecule has 1 atom stereocenters. The minimum Gasteiger partial charge on any atom is -0.497 e. The molecule has 5 heteroatoms. The summed E-state index contributed by atoms with van der Waals surface area (Å²) in [4.78, 5) is 27.7. The number of carbonyl (C=O) groups excluding carboxylic acids is 2. The molecule has 0 fully saturated rings. The second-order valence-electron chi connectivity index (χ2n) is 7.87. The maximum Gasteiger partial charge on any atom is 0.242 e. The van der Waals surface area contributed by atoms with E-state index in [0.29, 0.717) is 13.1 Å². The summed E-state index contributed by atoms with van der Waals surface area (Å²) < 4.78 is 5.31. The van der Waals surface area contributed by atoms with Gasteiger partial charge in [0.1, 0.15) is 11.8 Å². The van der Waals surface area contributed by atoms with Crippen LogP contribution >= 0.6 is 0 Å². The molecule has 0 aromatic heterocycles. The van der Waals surface area contributed by atoms with Crippen LogP contribution in [0.4, 0.5) is 0 Å². The van der Waals surface area contributed by atoms with Crippen molar-refractivity contribution in [1.29, 1.82) is 0 Å². The summed E-state index contributed by atoms with van der Waals surface area (Å²) in [5.41, 5.74) is 4.15. The number of hydrogen-bond donors (Lipinski definition) is 1. The van der Waals surface area contributed by atoms with Crippen molar-refractivity contribution in [2.24, 2.45) is 0 Å². The summed E-state index contributed by atoms with van der Waals surface area (Å²) in [5.74, 6) is 0.537. The van der Waals surface area contributed by atoms with Crippen LogP contribution < -0.4 is 10.1 Å². The Morgan fingerprint density at radius 3 is 2.40 bits per heavy atom. The molecule has 0 aliphatic rings. The van der Waals surface area contributed by atoms with E-state index in [-0.39, 0.29) is 18.2 Å². The van der Waals surface area contributed by atoms with Crippen LogP contribution in [-0.2, 0) is 22.6 Å². The van der Waals surface area contributed by atoms with Crippen LogP contribution in [0.5, 0.6) is 5.75 Å². The van der Waals surface area contributed by atoms with Crippen molar-refractivity contribution in [1.82, 2.24) is 10.2 Å². The van der Waals surface area contributed by atoms with Crippen molar-refractivity contribution in [3.63, 3.8) is 0 Å². The summed E-state index contributed by atoms with van der Waals surface area (Å²) in [6, 6.07) is 13.2. The molecular formula is C25H34N2O3. The first-order chi connectivity index (χ1) is 14.3. The van der Waals surface area contributed by atoms with Gasteiger partial charge in [-0.1, -0.05) is 54.8 Å². The standard InChI is InChI=1S/C25H34N2O3/c1-6-7-11-26-25(29)20(4)27(17-21-9-8-10-23(15-21)30-5)24(28)16-22-13-18(2)12-19(3)14-22/h8-10,12-15,20H,6-7,11,16-17H2,1-5H3,(H,26,29). The van der Waals surface area contributed by atoms with Crippen LogP contribution in [0, 0.1) is 13.8 Å². The van der Waals surface area contributed by atoms with Crippen molar-refractivity contribution in [3.05, 3.63) is 64.7 Å². The highest BCUT2D eigenvalue weighted by Gasteiger charge is 2.26. The molecule has 0 saturated carbocycles. The van der Waals surface area contributed by atoms with Crippen molar-refractivity contribution < 1.29 is 14.3 Å². The number of amides is 2. The Morgan fingerprint density at radius 1 is 1.07 bits per heavy atom. The molecule has 1 N–H and O–H groups in total. The number of methoxy groups -OCH3 is 1. The van der Waals surface area contributed by atoms with E-state index in [1.54, 1.807) is 18.9 Å². The molecule has 2 amide bonds. The highest BCUT2D eigenvalue weighted by Crippen LogP contribution is 2.18. The molecule has 0 aliphatic carbocycles. The number of aryl methyl sites for hydroxylation is 2. The van der Waals surface area contributed by atoms with Crippen LogP contribution in [-0.4, -0.2) is 36.4 Å². The summed E-state index contributed by atoms with van der Waals surface area (Å²) >= 11 is 0. The average molecular weight is 411 g/mol. The fourth-order valence-electron chi connectivity index (χ4n) is 3.53. The Hall–Kier alpha value is -2.82. The third-order valence-corrected chi connectivity index (χ3v) is 5.12. The van der Waals surface area contributed by atoms with E-state index >= 15 is 0 Å². The number of benzene rings is 2. The van der Waals surface area contributed by atoms with Gasteiger partial charge in [0.25, 0.3) is 0 Å². The summed E-state index contributed by atoms with van der Waals surface area (Å²) in [6.45, 7) is 8.90. The summed E-state index contributed by atoms with van der Waals surface area (Å²) in [7, 11) is 1.62. The van der Waals surface area contributed by atoms with Gasteiger partial charge in [-0.15, -0.1) is 0 Å². The van der Waals surface area contributed by atoms with Crippen LogP contribution in [0.2, 0.25) is 0 Å². The van der Waals surface area contributed by atoms with Gasteiger partial charge in [-0.3, -0.25) is 9.59 Å². The van der Waals surface area contributed by atoms with E-state index in [1.165, 1.54) is 0 Å². The molecule has 30 heavy (non-hydrogen) atoms. The Balaban J connectivity index is 2.24. The van der Waals surface area contributed by atoms with Gasteiger partial charge in [0.2, 0.25) is 11.8 Å². The van der Waals surface area contributed by atoms with Gasteiger partial charge in [0.15, 0.2) is 0 Å². The predicted molar refractivity (Wildman–Crippen MR) is 121 cm³/mol. The maximum absolute atomic E-state index is 13.3. The number of carbonyl (C=O) groups is 2. The molecule has 162 valence electrons. The normalized spacial score (nSPS) is 11.6. The van der Waals surface area contributed by atoms with E-state index in [4.69, 9.17) is 4.74 Å². The maximum atomic E-state index is 13.3. The predicted octanol–water partition coefficient (Wildman–Crippen LogP) is 4.19. The Labute approximate surface area is 180 Å². The molecule has 5 nitrogen and oxygen atoms in total. The molecule has 0 spiro atoms. The smallest absolute Gasteiger partial charge is 0.242 e. The zero-order valence-electron chi connectivity index (χ0n) is 18.8. The highest BCUT2D eigenvalue weighted by molar-refractivity contribution is 5.88. The fraction of sp³-hybridized carbons (Fsp3) is 0.440. The van der Waals surface area contributed by atoms with Gasteiger partial charge in [-0.05, 0) is 50.5 Å². The Morgan fingerprint density at radius 2 is 1.77 bits per heavy atom. The first-order valence-corrected chi connectivity index (χ1v) is 10.6. The van der Waals surface area contributed by atoms with Crippen LogP contribution in [0.3, 0.4) is 0 Å². The van der Waals surface area contributed by atoms with Gasteiger partial charge < -0.3 is 15.0 Å². The van der Waals surface area contributed by atoms with Gasteiger partial charge in [-0.25, -0.2) is 0 Å². The summed E-state index contributed by atoms with van der Waals surface area (Å²) in [6.07, 6.45) is 2.19. The molecular weight excluding hydrogens is 376 g/mol. The zero-order valence-corrected chi connectivity index (χ0v) is 18.8. The fourth-order valence-corrected chi connectivity index (χ4v) is 3.53. The minimum atomic E-state index is -0.563. The second-order valence-corrected chi connectivity index (χ2v) is 7.87. The zero-order chi connectivity index (χ0) is 22.1. The van der Waals surface area contributed by atoms with Gasteiger partial charge in [0.05, 0.1) is 13.5 Å². The Kier molecular flexibility index (Phi) is 8.90. The van der Waals surface area contributed by atoms with Gasteiger partial charge in [0, 0.05) is 13.1 Å². The van der Waals surface area contributed by atoms with Crippen molar-refractivity contribution >= 4 is 11.8 Å². The number of unbranched alkanes of at least 4 members (excludes halogenated alkanes) is 1. The first-order valence-electron chi connectivity index (χ1n) is 10.6. The molecule has 1 unspecified atom stereocenters. The van der Waals surface area contributed by atoms with Gasteiger partial charge >= 0.3 is 0 Å². The molecule has 2 aromatic rings. The second kappa shape index (κ2) is 11.4. The largest absolute Gasteiger partial charge is 0.497 e. The third kappa shape index (κ3) is 6.90. The molecule has 0 heterocycles. The van der Waals surface area contributed by atoms with Crippen LogP contribution in [0.25, 0.3) is 0 Å².